The Morgan fingerprint density at radius 1 is 0.654 bits per heavy atom. The number of nitrogens with zero attached hydrogens (tertiary/aromatic N) is 2. The number of para-hydroxylation sites is 2. The van der Waals surface area contributed by atoms with Gasteiger partial charge < -0.3 is 19.8 Å². The van der Waals surface area contributed by atoms with E-state index in [2.05, 4.69) is 94.8 Å². The molecule has 4 heteroatoms. The third kappa shape index (κ3) is 3.52. The Kier molecular flexibility index (Phi) is 4.78. The number of H-pyrrole nitrogens is 2. The van der Waals surface area contributed by atoms with Gasteiger partial charge in [0.05, 0.1) is 0 Å². The summed E-state index contributed by atoms with van der Waals surface area (Å²) in [5, 5.41) is 2.65. The molecule has 4 aromatic rings. The molecule has 134 valence electrons. The second-order valence-electron chi connectivity index (χ2n) is 7.19. The van der Waals surface area contributed by atoms with E-state index in [-0.39, 0.29) is 0 Å². The molecule has 0 bridgehead atoms. The fraction of sp³-hybridized carbons (Fsp3) is 0.273. The Morgan fingerprint density at radius 3 is 1.54 bits per heavy atom. The predicted octanol–water partition coefficient (Wildman–Crippen LogP) is 4.21. The van der Waals surface area contributed by atoms with Crippen LogP contribution in [0.2, 0.25) is 0 Å². The van der Waals surface area contributed by atoms with Crippen molar-refractivity contribution in [3.05, 3.63) is 72.1 Å². The SMILES string of the molecule is CN(CCN(C)Cc1c[nH]c2ccccc12)Cc1c[nH]c2ccccc12. The van der Waals surface area contributed by atoms with Gasteiger partial charge >= 0.3 is 0 Å². The van der Waals surface area contributed by atoms with Crippen molar-refractivity contribution in [3.63, 3.8) is 0 Å². The van der Waals surface area contributed by atoms with E-state index < -0.39 is 0 Å². The van der Waals surface area contributed by atoms with Crippen molar-refractivity contribution < 1.29 is 0 Å². The second kappa shape index (κ2) is 7.36. The molecule has 4 rings (SSSR count). The van der Waals surface area contributed by atoms with Crippen LogP contribution >= 0.6 is 0 Å². The lowest BCUT2D eigenvalue weighted by molar-refractivity contribution is 0.248. The summed E-state index contributed by atoms with van der Waals surface area (Å²) in [6, 6.07) is 17.0. The molecule has 0 saturated heterocycles. The van der Waals surface area contributed by atoms with E-state index >= 15 is 0 Å². The predicted molar refractivity (Wildman–Crippen MR) is 109 cm³/mol. The zero-order chi connectivity index (χ0) is 17.9. The normalized spacial score (nSPS) is 12.0. The van der Waals surface area contributed by atoms with Crippen LogP contribution in [0, 0.1) is 0 Å². The third-order valence-corrected chi connectivity index (χ3v) is 5.09. The van der Waals surface area contributed by atoms with Gasteiger partial charge in [0.15, 0.2) is 0 Å². The minimum atomic E-state index is 0.963. The molecule has 0 amide bonds. The number of hydrogen-bond acceptors (Lipinski definition) is 2. The van der Waals surface area contributed by atoms with E-state index in [1.165, 1.54) is 32.9 Å². The quantitative estimate of drug-likeness (QED) is 0.526. The van der Waals surface area contributed by atoms with E-state index in [1.807, 2.05) is 0 Å². The Balaban J connectivity index is 1.33. The van der Waals surface area contributed by atoms with Crippen molar-refractivity contribution in [2.45, 2.75) is 13.1 Å². The van der Waals surface area contributed by atoms with Crippen molar-refractivity contribution in [2.24, 2.45) is 0 Å². The van der Waals surface area contributed by atoms with Crippen LogP contribution in [0.5, 0.6) is 0 Å². The van der Waals surface area contributed by atoms with Crippen molar-refractivity contribution in [1.29, 1.82) is 0 Å². The lowest BCUT2D eigenvalue weighted by Gasteiger charge is -2.21. The number of benzene rings is 2. The first-order valence-corrected chi connectivity index (χ1v) is 9.18. The van der Waals surface area contributed by atoms with Crippen LogP contribution in [0.15, 0.2) is 60.9 Å². The molecule has 0 fully saturated rings. The van der Waals surface area contributed by atoms with Crippen molar-refractivity contribution in [3.8, 4) is 0 Å². The number of likely N-dealkylation sites (N-methyl/N-ethyl adjacent to an activating group) is 2. The highest BCUT2D eigenvalue weighted by atomic mass is 15.2. The highest BCUT2D eigenvalue weighted by Gasteiger charge is 2.09. The summed E-state index contributed by atoms with van der Waals surface area (Å²) in [5.41, 5.74) is 5.16. The standard InChI is InChI=1S/C22H26N4/c1-25(15-17-13-23-21-9-5-3-7-19(17)21)11-12-26(2)16-18-14-24-22-10-6-4-8-20(18)22/h3-10,13-14,23-24H,11-12,15-16H2,1-2H3. The van der Waals surface area contributed by atoms with E-state index in [9.17, 15) is 0 Å². The van der Waals surface area contributed by atoms with Crippen molar-refractivity contribution >= 4 is 21.8 Å². The van der Waals surface area contributed by atoms with Crippen LogP contribution in [0.4, 0.5) is 0 Å². The van der Waals surface area contributed by atoms with E-state index in [4.69, 9.17) is 0 Å². The molecule has 0 radical (unpaired) electrons. The Labute approximate surface area is 154 Å². The molecule has 2 aromatic carbocycles. The third-order valence-electron chi connectivity index (χ3n) is 5.09. The zero-order valence-corrected chi connectivity index (χ0v) is 15.5. The topological polar surface area (TPSA) is 38.1 Å². The summed E-state index contributed by atoms with van der Waals surface area (Å²) in [5.74, 6) is 0. The molecular weight excluding hydrogens is 320 g/mol. The average Bonchev–Trinajstić information content (AvgIpc) is 3.25. The summed E-state index contributed by atoms with van der Waals surface area (Å²) in [6.45, 7) is 4.01. The molecule has 0 aliphatic carbocycles. The second-order valence-corrected chi connectivity index (χ2v) is 7.19. The van der Waals surface area contributed by atoms with Gasteiger partial charge in [0.1, 0.15) is 0 Å². The lowest BCUT2D eigenvalue weighted by atomic mass is 10.1. The maximum atomic E-state index is 3.36. The van der Waals surface area contributed by atoms with Gasteiger partial charge in [-0.3, -0.25) is 0 Å². The summed E-state index contributed by atoms with van der Waals surface area (Å²) >= 11 is 0. The molecule has 26 heavy (non-hydrogen) atoms. The van der Waals surface area contributed by atoms with Gasteiger partial charge in [-0.15, -0.1) is 0 Å². The van der Waals surface area contributed by atoms with Gasteiger partial charge in [0, 0.05) is 60.4 Å². The van der Waals surface area contributed by atoms with Gasteiger partial charge in [-0.1, -0.05) is 36.4 Å². The Hall–Kier alpha value is -2.56. The molecule has 0 atom stereocenters. The van der Waals surface area contributed by atoms with Crippen LogP contribution in [-0.2, 0) is 13.1 Å². The number of rotatable bonds is 7. The first kappa shape index (κ1) is 16.9. The fourth-order valence-electron chi connectivity index (χ4n) is 3.61. The van der Waals surface area contributed by atoms with Crippen molar-refractivity contribution in [2.75, 3.05) is 27.2 Å². The van der Waals surface area contributed by atoms with Crippen molar-refractivity contribution in [1.82, 2.24) is 19.8 Å². The molecule has 0 spiro atoms. The highest BCUT2D eigenvalue weighted by molar-refractivity contribution is 5.83. The molecule has 0 unspecified atom stereocenters. The molecule has 4 nitrogen and oxygen atoms in total. The van der Waals surface area contributed by atoms with Gasteiger partial charge in [0.25, 0.3) is 0 Å². The summed E-state index contributed by atoms with van der Waals surface area (Å²) < 4.78 is 0. The smallest absolute Gasteiger partial charge is 0.0457 e. The monoisotopic (exact) mass is 346 g/mol. The van der Waals surface area contributed by atoms with Crippen LogP contribution in [-0.4, -0.2) is 47.0 Å². The van der Waals surface area contributed by atoms with Crippen LogP contribution < -0.4 is 0 Å². The number of aromatic amines is 2. The molecule has 0 aliphatic rings. The number of hydrogen-bond donors (Lipinski definition) is 2. The van der Waals surface area contributed by atoms with Gasteiger partial charge in [0.2, 0.25) is 0 Å². The number of aromatic nitrogens is 2. The largest absolute Gasteiger partial charge is 0.361 e. The number of nitrogens with one attached hydrogen (secondary N) is 2. The lowest BCUT2D eigenvalue weighted by Crippen LogP contribution is -2.30. The first-order chi connectivity index (χ1) is 12.7. The fourth-order valence-corrected chi connectivity index (χ4v) is 3.61. The van der Waals surface area contributed by atoms with E-state index in [0.717, 1.165) is 26.2 Å². The summed E-state index contributed by atoms with van der Waals surface area (Å²) in [6.07, 6.45) is 4.27. The summed E-state index contributed by atoms with van der Waals surface area (Å²) in [7, 11) is 4.39. The molecule has 0 saturated carbocycles. The molecular formula is C22H26N4. The molecule has 2 N–H and O–H groups in total. The molecule has 2 aromatic heterocycles. The highest BCUT2D eigenvalue weighted by Crippen LogP contribution is 2.20. The minimum Gasteiger partial charge on any atom is -0.361 e. The summed E-state index contributed by atoms with van der Waals surface area (Å²) in [4.78, 5) is 11.5. The number of fused-ring (bicyclic) bond motifs is 2. The first-order valence-electron chi connectivity index (χ1n) is 9.18. The molecule has 0 aliphatic heterocycles. The van der Waals surface area contributed by atoms with Crippen LogP contribution in [0.3, 0.4) is 0 Å². The zero-order valence-electron chi connectivity index (χ0n) is 15.5. The average molecular weight is 346 g/mol. The Morgan fingerprint density at radius 2 is 1.08 bits per heavy atom. The maximum absolute atomic E-state index is 3.36. The Bertz CT molecular complexity index is 915. The van der Waals surface area contributed by atoms with Gasteiger partial charge in [-0.2, -0.15) is 0 Å². The van der Waals surface area contributed by atoms with Crippen LogP contribution in [0.1, 0.15) is 11.1 Å². The maximum Gasteiger partial charge on any atom is 0.0457 e. The van der Waals surface area contributed by atoms with E-state index in [1.54, 1.807) is 0 Å². The van der Waals surface area contributed by atoms with Crippen LogP contribution in [0.25, 0.3) is 21.8 Å². The molecule has 2 heterocycles. The van der Waals surface area contributed by atoms with E-state index in [0.29, 0.717) is 0 Å². The van der Waals surface area contributed by atoms with Gasteiger partial charge in [-0.05, 0) is 37.4 Å². The minimum absolute atomic E-state index is 0.963. The van der Waals surface area contributed by atoms with Gasteiger partial charge in [-0.25, -0.2) is 0 Å².